The summed E-state index contributed by atoms with van der Waals surface area (Å²) in [5, 5.41) is 7.53. The van der Waals surface area contributed by atoms with Crippen LogP contribution >= 0.6 is 11.8 Å². The van der Waals surface area contributed by atoms with E-state index in [9.17, 15) is 0 Å². The maximum Gasteiger partial charge on any atom is 0.164 e. The second-order valence-corrected chi connectivity index (χ2v) is 6.63. The number of nitrogen functional groups attached to an aromatic ring is 1. The molecule has 0 unspecified atom stereocenters. The Morgan fingerprint density at radius 1 is 1.22 bits per heavy atom. The number of hydrogen-bond acceptors (Lipinski definition) is 5. The molecular weight excluding hydrogens is 308 g/mol. The molecule has 0 fully saturated rings. The van der Waals surface area contributed by atoms with Gasteiger partial charge in [-0.25, -0.2) is 14.6 Å². The quantitative estimate of drug-likeness (QED) is 0.601. The van der Waals surface area contributed by atoms with Crippen LogP contribution in [0, 0.1) is 0 Å². The monoisotopic (exact) mass is 324 g/mol. The van der Waals surface area contributed by atoms with Gasteiger partial charge in [-0.1, -0.05) is 30.0 Å². The number of para-hydroxylation sites is 1. The third kappa shape index (κ3) is 2.24. The molecule has 7 heteroatoms. The van der Waals surface area contributed by atoms with Crippen LogP contribution in [0.5, 0.6) is 0 Å². The van der Waals surface area contributed by atoms with Gasteiger partial charge in [-0.3, -0.25) is 0 Å². The van der Waals surface area contributed by atoms with Gasteiger partial charge in [0.05, 0.1) is 5.39 Å². The fraction of sp³-hybridized carbons (Fsp3) is 0.188. The number of H-pyrrole nitrogens is 1. The summed E-state index contributed by atoms with van der Waals surface area (Å²) in [6.45, 7) is 4.15. The van der Waals surface area contributed by atoms with Gasteiger partial charge in [-0.2, -0.15) is 5.10 Å². The summed E-state index contributed by atoms with van der Waals surface area (Å²) < 4.78 is 1.89. The summed E-state index contributed by atoms with van der Waals surface area (Å²) >= 11 is 1.58. The normalized spacial score (nSPS) is 11.8. The van der Waals surface area contributed by atoms with Gasteiger partial charge in [-0.05, 0) is 19.9 Å². The van der Waals surface area contributed by atoms with Crippen LogP contribution in [0.2, 0.25) is 0 Å². The predicted octanol–water partition coefficient (Wildman–Crippen LogP) is 3.62. The Balaban J connectivity index is 1.89. The highest BCUT2D eigenvalue weighted by molar-refractivity contribution is 7.99. The molecule has 0 saturated carbocycles. The molecule has 0 atom stereocenters. The first-order chi connectivity index (χ1) is 11.1. The minimum atomic E-state index is 0.198. The van der Waals surface area contributed by atoms with Crippen LogP contribution in [-0.4, -0.2) is 24.7 Å². The minimum Gasteiger partial charge on any atom is -0.383 e. The van der Waals surface area contributed by atoms with E-state index in [1.165, 1.54) is 11.7 Å². The minimum absolute atomic E-state index is 0.198. The Kier molecular flexibility index (Phi) is 3.23. The molecule has 0 aliphatic heterocycles. The second-order valence-electron chi connectivity index (χ2n) is 5.60. The maximum absolute atomic E-state index is 6.09. The number of nitrogens with one attached hydrogen (secondary N) is 1. The van der Waals surface area contributed by atoms with Crippen molar-refractivity contribution >= 4 is 39.5 Å². The van der Waals surface area contributed by atoms with Crippen LogP contribution in [0.4, 0.5) is 5.82 Å². The van der Waals surface area contributed by atoms with Crippen LogP contribution < -0.4 is 5.73 Å². The van der Waals surface area contributed by atoms with Gasteiger partial charge in [-0.15, -0.1) is 0 Å². The molecule has 3 aromatic heterocycles. The molecule has 116 valence electrons. The highest BCUT2D eigenvalue weighted by Crippen LogP contribution is 2.38. The first-order valence-corrected chi connectivity index (χ1v) is 8.19. The lowest BCUT2D eigenvalue weighted by Crippen LogP contribution is -2.04. The Morgan fingerprint density at radius 3 is 2.87 bits per heavy atom. The number of benzene rings is 1. The zero-order chi connectivity index (χ0) is 16.0. The topological polar surface area (TPSA) is 85.4 Å². The molecule has 0 aliphatic rings. The lowest BCUT2D eigenvalue weighted by molar-refractivity contribution is 0.535. The van der Waals surface area contributed by atoms with E-state index in [1.54, 1.807) is 11.8 Å². The molecule has 0 bridgehead atoms. The molecule has 0 saturated heterocycles. The zero-order valence-corrected chi connectivity index (χ0v) is 13.6. The van der Waals surface area contributed by atoms with Gasteiger partial charge < -0.3 is 10.7 Å². The van der Waals surface area contributed by atoms with E-state index in [-0.39, 0.29) is 6.04 Å². The number of nitrogens with zero attached hydrogens (tertiary/aromatic N) is 4. The standard InChI is InChI=1S/C16H16N6S/c1-9(2)22-15-13(14(17)19-8-20-15)16(21-22)23-12-7-18-11-6-4-3-5-10(11)12/h3-9,18H,1-2H3,(H2,17,19,20). The number of aromatic nitrogens is 5. The highest BCUT2D eigenvalue weighted by Gasteiger charge is 2.19. The lowest BCUT2D eigenvalue weighted by Gasteiger charge is -2.05. The third-order valence-corrected chi connectivity index (χ3v) is 4.77. The summed E-state index contributed by atoms with van der Waals surface area (Å²) in [5.41, 5.74) is 7.96. The molecule has 0 spiro atoms. The lowest BCUT2D eigenvalue weighted by atomic mass is 10.2. The van der Waals surface area contributed by atoms with Crippen molar-refractivity contribution in [1.29, 1.82) is 0 Å². The second kappa shape index (κ2) is 5.27. The third-order valence-electron chi connectivity index (χ3n) is 3.73. The number of nitrogens with two attached hydrogens (primary N) is 1. The molecule has 3 heterocycles. The van der Waals surface area contributed by atoms with Gasteiger partial charge in [0.1, 0.15) is 17.2 Å². The van der Waals surface area contributed by atoms with Gasteiger partial charge in [0.2, 0.25) is 0 Å². The number of aromatic amines is 1. The van der Waals surface area contributed by atoms with Crippen molar-refractivity contribution in [2.45, 2.75) is 29.8 Å². The Morgan fingerprint density at radius 2 is 2.04 bits per heavy atom. The summed E-state index contributed by atoms with van der Waals surface area (Å²) in [7, 11) is 0. The first-order valence-electron chi connectivity index (χ1n) is 7.38. The smallest absolute Gasteiger partial charge is 0.164 e. The summed E-state index contributed by atoms with van der Waals surface area (Å²) in [6, 6.07) is 8.39. The molecule has 0 amide bonds. The Labute approximate surface area is 137 Å². The molecule has 0 radical (unpaired) electrons. The van der Waals surface area contributed by atoms with Gasteiger partial charge in [0, 0.05) is 28.0 Å². The van der Waals surface area contributed by atoms with Gasteiger partial charge in [0.25, 0.3) is 0 Å². The van der Waals surface area contributed by atoms with Gasteiger partial charge >= 0.3 is 0 Å². The largest absolute Gasteiger partial charge is 0.383 e. The van der Waals surface area contributed by atoms with E-state index in [4.69, 9.17) is 10.8 Å². The van der Waals surface area contributed by atoms with E-state index in [1.807, 2.05) is 23.0 Å². The van der Waals surface area contributed by atoms with Crippen LogP contribution in [0.1, 0.15) is 19.9 Å². The Bertz CT molecular complexity index is 1000. The van der Waals surface area contributed by atoms with E-state index in [0.29, 0.717) is 5.82 Å². The Hall–Kier alpha value is -2.54. The number of anilines is 1. The highest BCUT2D eigenvalue weighted by atomic mass is 32.2. The average molecular weight is 324 g/mol. The van der Waals surface area contributed by atoms with Crippen molar-refractivity contribution < 1.29 is 0 Å². The van der Waals surface area contributed by atoms with E-state index >= 15 is 0 Å². The maximum atomic E-state index is 6.09. The number of rotatable bonds is 3. The van der Waals surface area contributed by atoms with Crippen molar-refractivity contribution in [3.05, 3.63) is 36.8 Å². The van der Waals surface area contributed by atoms with E-state index < -0.39 is 0 Å². The van der Waals surface area contributed by atoms with Crippen molar-refractivity contribution in [3.63, 3.8) is 0 Å². The summed E-state index contributed by atoms with van der Waals surface area (Å²) in [5.74, 6) is 0.462. The van der Waals surface area contributed by atoms with E-state index in [0.717, 1.165) is 26.5 Å². The van der Waals surface area contributed by atoms with E-state index in [2.05, 4.69) is 40.9 Å². The molecule has 23 heavy (non-hydrogen) atoms. The molecule has 1 aromatic carbocycles. The fourth-order valence-corrected chi connectivity index (χ4v) is 3.67. The SMILES string of the molecule is CC(C)n1nc(Sc2c[nH]c3ccccc23)c2c(N)ncnc21. The van der Waals surface area contributed by atoms with Crippen molar-refractivity contribution in [1.82, 2.24) is 24.7 Å². The summed E-state index contributed by atoms with van der Waals surface area (Å²) in [6.07, 6.45) is 3.48. The van der Waals surface area contributed by atoms with Crippen LogP contribution in [0.3, 0.4) is 0 Å². The number of hydrogen-bond donors (Lipinski definition) is 2. The van der Waals surface area contributed by atoms with Crippen LogP contribution in [0.25, 0.3) is 21.9 Å². The molecule has 4 aromatic rings. The molecule has 3 N–H and O–H groups in total. The fourth-order valence-electron chi connectivity index (χ4n) is 2.63. The van der Waals surface area contributed by atoms with Crippen molar-refractivity contribution in [2.24, 2.45) is 0 Å². The predicted molar refractivity (Wildman–Crippen MR) is 92.5 cm³/mol. The molecular formula is C16H16N6S. The molecule has 6 nitrogen and oxygen atoms in total. The molecule has 4 rings (SSSR count). The van der Waals surface area contributed by atoms with Gasteiger partial charge in [0.15, 0.2) is 5.65 Å². The first kappa shape index (κ1) is 14.1. The zero-order valence-electron chi connectivity index (χ0n) is 12.8. The van der Waals surface area contributed by atoms with Crippen molar-refractivity contribution in [2.75, 3.05) is 5.73 Å². The average Bonchev–Trinajstić information content (AvgIpc) is 3.11. The summed E-state index contributed by atoms with van der Waals surface area (Å²) in [4.78, 5) is 12.9. The number of fused-ring (bicyclic) bond motifs is 2. The van der Waals surface area contributed by atoms with Crippen molar-refractivity contribution in [3.8, 4) is 0 Å². The van der Waals surface area contributed by atoms with Crippen LogP contribution in [0.15, 0.2) is 46.7 Å². The molecule has 0 aliphatic carbocycles. The van der Waals surface area contributed by atoms with Crippen LogP contribution in [-0.2, 0) is 0 Å².